The first kappa shape index (κ1) is 12.7. The zero-order valence-corrected chi connectivity index (χ0v) is 11.4. The number of halogens is 1. The first-order chi connectivity index (χ1) is 6.50. The van der Waals surface area contributed by atoms with Crippen molar-refractivity contribution in [3.8, 4) is 0 Å². The molecular weight excluding hydrogens is 290 g/mol. The maximum absolute atomic E-state index is 6.03. The van der Waals surface area contributed by atoms with Crippen LogP contribution >= 0.6 is 22.4 Å². The average Bonchev–Trinajstić information content (AvgIpc) is 2.07. The molecule has 1 heterocycles. The Morgan fingerprint density at radius 1 is 1.57 bits per heavy atom. The van der Waals surface area contributed by atoms with Crippen LogP contribution in [0.3, 0.4) is 0 Å². The van der Waals surface area contributed by atoms with Crippen LogP contribution in [0.1, 0.15) is 20.3 Å². The third-order valence-corrected chi connectivity index (χ3v) is 3.03. The molecule has 1 aliphatic heterocycles. The molecule has 1 fully saturated rings. The molecule has 0 aromatic heterocycles. The minimum absolute atomic E-state index is 0.207. The number of rotatable bonds is 3. The second-order valence-corrected chi connectivity index (χ2v) is 6.01. The summed E-state index contributed by atoms with van der Waals surface area (Å²) < 4.78 is 6.05. The highest BCUT2D eigenvalue weighted by molar-refractivity contribution is 14.1. The largest absolute Gasteiger partial charge is 0.420 e. The molecule has 2 atom stereocenters. The first-order valence-corrected chi connectivity index (χ1v) is 6.54. The van der Waals surface area contributed by atoms with Gasteiger partial charge in [-0.1, -0.05) is 0 Å². The van der Waals surface area contributed by atoms with E-state index in [2.05, 4.69) is 47.9 Å². The number of likely N-dealkylation sites (tertiary alicyclic amines) is 1. The van der Waals surface area contributed by atoms with Crippen LogP contribution in [0.2, 0.25) is 6.82 Å². The van der Waals surface area contributed by atoms with E-state index in [4.69, 9.17) is 10.4 Å². The maximum atomic E-state index is 6.03. The lowest BCUT2D eigenvalue weighted by Gasteiger charge is -2.39. The molecule has 0 bridgehead atoms. The van der Waals surface area contributed by atoms with Gasteiger partial charge in [0.25, 0.3) is 0 Å². The van der Waals surface area contributed by atoms with Gasteiger partial charge in [0.15, 0.2) is 0 Å². The van der Waals surface area contributed by atoms with Gasteiger partial charge < -0.3 is 10.4 Å². The summed E-state index contributed by atoms with van der Waals surface area (Å²) in [6.07, 6.45) is 1.25. The zero-order chi connectivity index (χ0) is 10.7. The van der Waals surface area contributed by atoms with E-state index in [0.717, 1.165) is 19.5 Å². The molecule has 82 valence electrons. The van der Waals surface area contributed by atoms with Gasteiger partial charge >= 0.3 is 4.77 Å². The smallest absolute Gasteiger partial charge is 0.362 e. The Hall–Kier alpha value is 0.675. The molecule has 0 aromatic carbocycles. The van der Waals surface area contributed by atoms with Crippen molar-refractivity contribution in [3.63, 3.8) is 0 Å². The van der Waals surface area contributed by atoms with Crippen molar-refractivity contribution >= 4 is 27.1 Å². The van der Waals surface area contributed by atoms with Crippen molar-refractivity contribution < 1.29 is 4.65 Å². The highest BCUT2D eigenvalue weighted by Crippen LogP contribution is 2.16. The summed E-state index contributed by atoms with van der Waals surface area (Å²) in [6, 6.07) is 0.806. The van der Waals surface area contributed by atoms with Gasteiger partial charge in [0.05, 0.1) is 6.10 Å². The molecule has 14 heavy (non-hydrogen) atoms. The van der Waals surface area contributed by atoms with Crippen molar-refractivity contribution in [3.05, 3.63) is 0 Å². The van der Waals surface area contributed by atoms with Crippen molar-refractivity contribution in [1.82, 2.24) is 4.90 Å². The molecule has 0 aromatic rings. The molecule has 0 amide bonds. The minimum atomic E-state index is 0.207. The zero-order valence-electron chi connectivity index (χ0n) is 9.24. The third-order valence-electron chi connectivity index (χ3n) is 2.73. The van der Waals surface area contributed by atoms with Crippen LogP contribution < -0.4 is 5.73 Å². The Bertz CT molecular complexity index is 180. The van der Waals surface area contributed by atoms with Gasteiger partial charge in [0, 0.05) is 25.2 Å². The Labute approximate surface area is 101 Å². The average molecular weight is 310 g/mol. The van der Waals surface area contributed by atoms with Gasteiger partial charge in [-0.05, 0) is 27.1 Å². The second-order valence-electron chi connectivity index (χ2n) is 4.26. The standard InChI is InChI=1S/C9H20BIN2O/c1-7(2)13-5-4-8(12)9(6-13)14-10(3)11/h7-9H,4-6,12H2,1-3H3. The molecule has 1 saturated heterocycles. The molecule has 3 nitrogen and oxygen atoms in total. The molecular formula is C9H20BIN2O. The van der Waals surface area contributed by atoms with Gasteiger partial charge in [-0.3, -0.25) is 4.90 Å². The lowest BCUT2D eigenvalue weighted by Crippen LogP contribution is -2.54. The molecule has 0 saturated carbocycles. The lowest BCUT2D eigenvalue weighted by molar-refractivity contribution is 0.0574. The van der Waals surface area contributed by atoms with E-state index >= 15 is 0 Å². The molecule has 0 aliphatic carbocycles. The normalized spacial score (nSPS) is 29.6. The van der Waals surface area contributed by atoms with E-state index in [1.54, 1.807) is 0 Å². The highest BCUT2D eigenvalue weighted by Gasteiger charge is 2.29. The summed E-state index contributed by atoms with van der Waals surface area (Å²) in [5.41, 5.74) is 6.03. The molecule has 5 heteroatoms. The third kappa shape index (κ3) is 3.68. The number of nitrogens with zero attached hydrogens (tertiary/aromatic N) is 1. The van der Waals surface area contributed by atoms with E-state index in [0.29, 0.717) is 6.04 Å². The van der Waals surface area contributed by atoms with Crippen LogP contribution in [0.25, 0.3) is 0 Å². The summed E-state index contributed by atoms with van der Waals surface area (Å²) in [5.74, 6) is 0. The van der Waals surface area contributed by atoms with E-state index in [1.807, 2.05) is 0 Å². The van der Waals surface area contributed by atoms with E-state index in [9.17, 15) is 0 Å². The quantitative estimate of drug-likeness (QED) is 0.632. The van der Waals surface area contributed by atoms with Crippen molar-refractivity contribution in [1.29, 1.82) is 0 Å². The fourth-order valence-corrected chi connectivity index (χ4v) is 2.19. The van der Waals surface area contributed by atoms with Crippen molar-refractivity contribution in [2.45, 2.75) is 45.3 Å². The van der Waals surface area contributed by atoms with Crippen LogP contribution in [0.4, 0.5) is 0 Å². The number of hydrogen-bond donors (Lipinski definition) is 1. The first-order valence-electron chi connectivity index (χ1n) is 5.30. The maximum Gasteiger partial charge on any atom is 0.362 e. The molecule has 2 N–H and O–H groups in total. The Morgan fingerprint density at radius 3 is 2.71 bits per heavy atom. The van der Waals surface area contributed by atoms with Crippen LogP contribution in [0, 0.1) is 0 Å². The van der Waals surface area contributed by atoms with Gasteiger partial charge in [-0.2, -0.15) is 0 Å². The Kier molecular flexibility index (Phi) is 5.17. The highest BCUT2D eigenvalue weighted by atomic mass is 127. The summed E-state index contributed by atoms with van der Waals surface area (Å²) in [5, 5.41) is 0. The number of hydrogen-bond acceptors (Lipinski definition) is 3. The van der Waals surface area contributed by atoms with Gasteiger partial charge in [-0.25, -0.2) is 0 Å². The molecule has 2 unspecified atom stereocenters. The summed E-state index contributed by atoms with van der Waals surface area (Å²) in [7, 11) is 0. The molecule has 0 radical (unpaired) electrons. The van der Waals surface area contributed by atoms with Crippen LogP contribution in [0.5, 0.6) is 0 Å². The van der Waals surface area contributed by atoms with Gasteiger partial charge in [0.2, 0.25) is 0 Å². The topological polar surface area (TPSA) is 38.5 Å². The summed E-state index contributed by atoms with van der Waals surface area (Å²) in [4.78, 5) is 2.44. The number of piperidine rings is 1. The molecule has 1 rings (SSSR count). The van der Waals surface area contributed by atoms with Crippen LogP contribution in [-0.2, 0) is 4.65 Å². The second kappa shape index (κ2) is 5.68. The predicted octanol–water partition coefficient (Wildman–Crippen LogP) is 1.37. The molecule has 1 aliphatic rings. The fraction of sp³-hybridized carbons (Fsp3) is 1.00. The van der Waals surface area contributed by atoms with Gasteiger partial charge in [0.1, 0.15) is 0 Å². The van der Waals surface area contributed by atoms with Crippen LogP contribution in [-0.4, -0.2) is 40.9 Å². The Balaban J connectivity index is 2.46. The number of nitrogens with two attached hydrogens (primary N) is 1. The Morgan fingerprint density at radius 2 is 2.21 bits per heavy atom. The van der Waals surface area contributed by atoms with E-state index in [1.165, 1.54) is 0 Å². The van der Waals surface area contributed by atoms with E-state index in [-0.39, 0.29) is 16.9 Å². The SMILES string of the molecule is CB(I)OC1CN(C(C)C)CCC1N. The minimum Gasteiger partial charge on any atom is -0.420 e. The van der Waals surface area contributed by atoms with Crippen molar-refractivity contribution in [2.24, 2.45) is 5.73 Å². The van der Waals surface area contributed by atoms with E-state index < -0.39 is 0 Å². The predicted molar refractivity (Wildman–Crippen MR) is 69.8 cm³/mol. The fourth-order valence-electron chi connectivity index (χ4n) is 1.81. The monoisotopic (exact) mass is 310 g/mol. The summed E-state index contributed by atoms with van der Waals surface area (Å²) >= 11 is 2.28. The van der Waals surface area contributed by atoms with Crippen molar-refractivity contribution in [2.75, 3.05) is 13.1 Å². The summed E-state index contributed by atoms with van der Waals surface area (Å²) in [6.45, 7) is 8.59. The lowest BCUT2D eigenvalue weighted by atomic mass is 9.98. The molecule has 0 spiro atoms. The van der Waals surface area contributed by atoms with Crippen LogP contribution in [0.15, 0.2) is 0 Å². The van der Waals surface area contributed by atoms with Gasteiger partial charge in [-0.15, -0.1) is 22.4 Å².